The third-order valence-electron chi connectivity index (χ3n) is 3.40. The SMILES string of the molecule is CC(Cl)c1nc2cc(Br)cnc2n1C1CCC(=O)NC1=O. The Labute approximate surface area is 134 Å². The average Bonchev–Trinajstić information content (AvgIpc) is 2.77. The van der Waals surface area contributed by atoms with E-state index in [2.05, 4.69) is 31.2 Å². The number of nitrogens with one attached hydrogen (secondary N) is 1. The van der Waals surface area contributed by atoms with E-state index in [1.807, 2.05) is 6.07 Å². The average molecular weight is 372 g/mol. The second-order valence-electron chi connectivity index (χ2n) is 4.92. The molecule has 3 rings (SSSR count). The molecule has 1 saturated heterocycles. The number of alkyl halides is 1. The van der Waals surface area contributed by atoms with E-state index >= 15 is 0 Å². The first-order chi connectivity index (χ1) is 9.97. The number of hydrogen-bond acceptors (Lipinski definition) is 4. The third-order valence-corrected chi connectivity index (χ3v) is 4.03. The zero-order valence-corrected chi connectivity index (χ0v) is 13.5. The molecule has 3 heterocycles. The highest BCUT2D eigenvalue weighted by Crippen LogP contribution is 2.31. The molecule has 0 aliphatic carbocycles. The maximum atomic E-state index is 12.1. The van der Waals surface area contributed by atoms with Gasteiger partial charge >= 0.3 is 0 Å². The van der Waals surface area contributed by atoms with Gasteiger partial charge in [0.05, 0.1) is 5.38 Å². The van der Waals surface area contributed by atoms with Crippen LogP contribution in [0.1, 0.15) is 37.0 Å². The van der Waals surface area contributed by atoms with Crippen LogP contribution < -0.4 is 5.32 Å². The fourth-order valence-corrected chi connectivity index (χ4v) is 2.96. The summed E-state index contributed by atoms with van der Waals surface area (Å²) in [4.78, 5) is 32.3. The summed E-state index contributed by atoms with van der Waals surface area (Å²) >= 11 is 9.54. The minimum atomic E-state index is -0.516. The molecule has 0 saturated carbocycles. The lowest BCUT2D eigenvalue weighted by atomic mass is 10.1. The van der Waals surface area contributed by atoms with Crippen molar-refractivity contribution in [3.63, 3.8) is 0 Å². The number of fused-ring (bicyclic) bond motifs is 1. The van der Waals surface area contributed by atoms with Gasteiger partial charge in [0, 0.05) is 17.1 Å². The van der Waals surface area contributed by atoms with Crippen LogP contribution >= 0.6 is 27.5 Å². The third kappa shape index (κ3) is 2.55. The smallest absolute Gasteiger partial charge is 0.249 e. The highest BCUT2D eigenvalue weighted by atomic mass is 79.9. The van der Waals surface area contributed by atoms with Gasteiger partial charge in [-0.2, -0.15) is 0 Å². The van der Waals surface area contributed by atoms with E-state index in [1.54, 1.807) is 17.7 Å². The van der Waals surface area contributed by atoms with E-state index in [0.29, 0.717) is 29.8 Å². The zero-order valence-electron chi connectivity index (χ0n) is 11.1. The number of imide groups is 1. The quantitative estimate of drug-likeness (QED) is 0.650. The normalized spacial score (nSPS) is 20.6. The van der Waals surface area contributed by atoms with E-state index in [4.69, 9.17) is 11.6 Å². The fourth-order valence-electron chi connectivity index (χ4n) is 2.49. The predicted octanol–water partition coefficient (Wildman–Crippen LogP) is 2.47. The largest absolute Gasteiger partial charge is 0.299 e. The van der Waals surface area contributed by atoms with Crippen molar-refractivity contribution in [3.8, 4) is 0 Å². The Hall–Kier alpha value is -1.47. The molecule has 2 aromatic rings. The minimum absolute atomic E-state index is 0.253. The van der Waals surface area contributed by atoms with Crippen LogP contribution in [0.4, 0.5) is 0 Å². The Morgan fingerprint density at radius 1 is 1.52 bits per heavy atom. The molecule has 0 aromatic carbocycles. The van der Waals surface area contributed by atoms with Crippen LogP contribution in [0.25, 0.3) is 11.2 Å². The molecule has 2 aromatic heterocycles. The number of piperidine rings is 1. The molecule has 0 spiro atoms. The van der Waals surface area contributed by atoms with Gasteiger partial charge in [-0.25, -0.2) is 9.97 Å². The molecule has 1 N–H and O–H groups in total. The lowest BCUT2D eigenvalue weighted by Crippen LogP contribution is -2.42. The number of amides is 2. The Balaban J connectivity index is 2.17. The molecule has 1 fully saturated rings. The molecule has 1 aliphatic heterocycles. The molecule has 110 valence electrons. The van der Waals surface area contributed by atoms with Gasteiger partial charge in [-0.15, -0.1) is 11.6 Å². The van der Waals surface area contributed by atoms with Crippen molar-refractivity contribution in [2.75, 3.05) is 0 Å². The highest BCUT2D eigenvalue weighted by molar-refractivity contribution is 9.10. The molecular weight excluding hydrogens is 360 g/mol. The molecule has 0 radical (unpaired) electrons. The number of hydrogen-bond donors (Lipinski definition) is 1. The Kier molecular flexibility index (Phi) is 3.71. The number of imidazole rings is 1. The number of aromatic nitrogens is 3. The number of carbonyl (C=O) groups is 2. The predicted molar refractivity (Wildman–Crippen MR) is 80.9 cm³/mol. The first kappa shape index (κ1) is 14.5. The van der Waals surface area contributed by atoms with Crippen LogP contribution in [-0.2, 0) is 9.59 Å². The van der Waals surface area contributed by atoms with Crippen molar-refractivity contribution < 1.29 is 9.59 Å². The van der Waals surface area contributed by atoms with Crippen LogP contribution in [-0.4, -0.2) is 26.3 Å². The van der Waals surface area contributed by atoms with Gasteiger partial charge in [0.1, 0.15) is 17.4 Å². The zero-order chi connectivity index (χ0) is 15.1. The summed E-state index contributed by atoms with van der Waals surface area (Å²) in [5.41, 5.74) is 1.26. The van der Waals surface area contributed by atoms with Gasteiger partial charge < -0.3 is 0 Å². The minimum Gasteiger partial charge on any atom is -0.299 e. The number of halogens is 2. The summed E-state index contributed by atoms with van der Waals surface area (Å²) in [6, 6.07) is 1.31. The summed E-state index contributed by atoms with van der Waals surface area (Å²) in [6.07, 6.45) is 2.36. The number of nitrogens with zero attached hydrogens (tertiary/aromatic N) is 3. The first-order valence-corrected chi connectivity index (χ1v) is 7.71. The summed E-state index contributed by atoms with van der Waals surface area (Å²) in [7, 11) is 0. The summed E-state index contributed by atoms with van der Waals surface area (Å²) in [5, 5.41) is 1.98. The number of carbonyl (C=O) groups excluding carboxylic acids is 2. The number of pyridine rings is 1. The van der Waals surface area contributed by atoms with E-state index < -0.39 is 6.04 Å². The molecule has 8 heteroatoms. The van der Waals surface area contributed by atoms with Crippen LogP contribution in [0, 0.1) is 0 Å². The van der Waals surface area contributed by atoms with Crippen molar-refractivity contribution in [1.29, 1.82) is 0 Å². The maximum absolute atomic E-state index is 12.1. The van der Waals surface area contributed by atoms with Gasteiger partial charge in [-0.1, -0.05) is 0 Å². The monoisotopic (exact) mass is 370 g/mol. The molecule has 21 heavy (non-hydrogen) atoms. The maximum Gasteiger partial charge on any atom is 0.249 e. The molecule has 1 aliphatic rings. The fraction of sp³-hybridized carbons (Fsp3) is 0.385. The van der Waals surface area contributed by atoms with Gasteiger partial charge in [0.2, 0.25) is 11.8 Å². The van der Waals surface area contributed by atoms with Crippen molar-refractivity contribution in [2.24, 2.45) is 0 Å². The first-order valence-electron chi connectivity index (χ1n) is 6.48. The molecule has 2 atom stereocenters. The summed E-state index contributed by atoms with van der Waals surface area (Å²) < 4.78 is 2.54. The van der Waals surface area contributed by atoms with Crippen molar-refractivity contribution in [2.45, 2.75) is 31.2 Å². The second-order valence-corrected chi connectivity index (χ2v) is 6.49. The van der Waals surface area contributed by atoms with Gasteiger partial charge in [-0.3, -0.25) is 19.5 Å². The van der Waals surface area contributed by atoms with E-state index in [-0.39, 0.29) is 17.2 Å². The van der Waals surface area contributed by atoms with Crippen LogP contribution in [0.2, 0.25) is 0 Å². The van der Waals surface area contributed by atoms with Gasteiger partial charge in [0.15, 0.2) is 5.65 Å². The Bertz CT molecular complexity index is 743. The molecule has 6 nitrogen and oxygen atoms in total. The Morgan fingerprint density at radius 3 is 2.95 bits per heavy atom. The molecule has 2 amide bonds. The lowest BCUT2D eigenvalue weighted by Gasteiger charge is -2.24. The van der Waals surface area contributed by atoms with Crippen LogP contribution in [0.3, 0.4) is 0 Å². The van der Waals surface area contributed by atoms with Gasteiger partial charge in [-0.05, 0) is 35.3 Å². The van der Waals surface area contributed by atoms with Crippen molar-refractivity contribution in [3.05, 3.63) is 22.6 Å². The van der Waals surface area contributed by atoms with E-state index in [9.17, 15) is 9.59 Å². The van der Waals surface area contributed by atoms with Gasteiger partial charge in [0.25, 0.3) is 0 Å². The highest BCUT2D eigenvalue weighted by Gasteiger charge is 2.32. The van der Waals surface area contributed by atoms with Crippen molar-refractivity contribution in [1.82, 2.24) is 19.9 Å². The molecule has 0 bridgehead atoms. The topological polar surface area (TPSA) is 76.9 Å². The van der Waals surface area contributed by atoms with E-state index in [0.717, 1.165) is 4.47 Å². The standard InChI is InChI=1S/C13H12BrClN4O2/c1-6(15)11-17-8-4-7(14)5-16-12(8)19(11)9-2-3-10(20)18-13(9)21/h4-6,9H,2-3H2,1H3,(H,18,20,21). The van der Waals surface area contributed by atoms with Crippen LogP contribution in [0.15, 0.2) is 16.7 Å². The molecular formula is C13H12BrClN4O2. The lowest BCUT2D eigenvalue weighted by molar-refractivity contribution is -0.135. The summed E-state index contributed by atoms with van der Waals surface area (Å²) in [6.45, 7) is 1.79. The number of rotatable bonds is 2. The van der Waals surface area contributed by atoms with E-state index in [1.165, 1.54) is 0 Å². The second kappa shape index (κ2) is 5.38. The Morgan fingerprint density at radius 2 is 2.29 bits per heavy atom. The van der Waals surface area contributed by atoms with Crippen LogP contribution in [0.5, 0.6) is 0 Å². The summed E-state index contributed by atoms with van der Waals surface area (Å²) in [5.74, 6) is -0.0163. The molecule has 2 unspecified atom stereocenters. The van der Waals surface area contributed by atoms with Crippen molar-refractivity contribution >= 4 is 50.5 Å².